The number of hydrogen-bond donors (Lipinski definition) is 7. The summed E-state index contributed by atoms with van der Waals surface area (Å²) in [6.45, 7) is 7.89. The van der Waals surface area contributed by atoms with Crippen LogP contribution in [0.5, 0.6) is 0 Å². The Morgan fingerprint density at radius 1 is 0.611 bits per heavy atom. The van der Waals surface area contributed by atoms with E-state index in [0.717, 1.165) is 44.7 Å². The SMILES string of the molecule is CC1CCC(N[C@H](C=O)CCC(N)=O)C(=O)C1C.CC1CCC(N[C@H](C=O)CCC(N)=O)C(=O)C1I.CC1CCC(N[C@H](C=O)CCC(N)=O)C(=O)C1O. The highest BCUT2D eigenvalue weighted by atomic mass is 127. The number of carbonyl (C=O) groups excluding carboxylic acids is 9. The van der Waals surface area contributed by atoms with Gasteiger partial charge in [0.1, 0.15) is 25.0 Å². The molecule has 54 heavy (non-hydrogen) atoms. The summed E-state index contributed by atoms with van der Waals surface area (Å²) >= 11 is 2.16. The van der Waals surface area contributed by atoms with Crippen molar-refractivity contribution >= 4 is 76.5 Å². The van der Waals surface area contributed by atoms with Gasteiger partial charge in [0.05, 0.1) is 40.2 Å². The van der Waals surface area contributed by atoms with E-state index in [1.807, 2.05) is 13.8 Å². The molecule has 3 rings (SSSR count). The second kappa shape index (κ2) is 25.2. The van der Waals surface area contributed by atoms with Crippen molar-refractivity contribution in [3.05, 3.63) is 0 Å². The van der Waals surface area contributed by atoms with Gasteiger partial charge in [0.2, 0.25) is 17.7 Å². The lowest BCUT2D eigenvalue weighted by Gasteiger charge is -2.32. The number of Topliss-reactive ketones (excluding diaryl/α,β-unsaturated/α-hetero) is 3. The first-order chi connectivity index (χ1) is 25.4. The zero-order chi connectivity index (χ0) is 41.1. The van der Waals surface area contributed by atoms with E-state index in [0.29, 0.717) is 37.4 Å². The lowest BCUT2D eigenvalue weighted by atomic mass is 9.78. The number of nitrogens with one attached hydrogen (secondary N) is 3. The lowest BCUT2D eigenvalue weighted by molar-refractivity contribution is -0.135. The molecule has 3 aliphatic carbocycles. The summed E-state index contributed by atoms with van der Waals surface area (Å²) < 4.78 is -0.00251. The van der Waals surface area contributed by atoms with Gasteiger partial charge in [-0.3, -0.25) is 44.7 Å². The Morgan fingerprint density at radius 2 is 0.944 bits per heavy atom. The van der Waals surface area contributed by atoms with Gasteiger partial charge in [0.15, 0.2) is 17.3 Å². The third-order valence-electron chi connectivity index (χ3n) is 10.5. The van der Waals surface area contributed by atoms with Gasteiger partial charge in [-0.15, -0.1) is 0 Å². The molecule has 0 aliphatic heterocycles. The Hall–Kier alpha value is -3.00. The molecule has 3 aliphatic rings. The zero-order valence-electron chi connectivity index (χ0n) is 31.9. The molecule has 10 N–H and O–H groups in total. The maximum absolute atomic E-state index is 12.1. The molecule has 3 saturated carbocycles. The number of primary amides is 3. The smallest absolute Gasteiger partial charge is 0.217 e. The molecule has 306 valence electrons. The highest BCUT2D eigenvalue weighted by Crippen LogP contribution is 2.29. The molecular formula is C37H61IN6O10. The molecule has 3 fully saturated rings. The second-order valence-corrected chi connectivity index (χ2v) is 16.2. The first-order valence-electron chi connectivity index (χ1n) is 18.8. The average Bonchev–Trinajstić information content (AvgIpc) is 3.13. The maximum atomic E-state index is 12.1. The number of halogens is 1. The van der Waals surface area contributed by atoms with Crippen molar-refractivity contribution < 1.29 is 48.3 Å². The predicted molar refractivity (Wildman–Crippen MR) is 209 cm³/mol. The van der Waals surface area contributed by atoms with Gasteiger partial charge in [-0.1, -0.05) is 50.3 Å². The van der Waals surface area contributed by atoms with Crippen LogP contribution >= 0.6 is 22.6 Å². The largest absolute Gasteiger partial charge is 0.385 e. The van der Waals surface area contributed by atoms with Crippen LogP contribution in [0, 0.1) is 23.7 Å². The third kappa shape index (κ3) is 17.2. The van der Waals surface area contributed by atoms with E-state index in [-0.39, 0.29) is 70.9 Å². The lowest BCUT2D eigenvalue weighted by Crippen LogP contribution is -2.52. The van der Waals surface area contributed by atoms with E-state index in [1.54, 1.807) is 0 Å². The highest BCUT2D eigenvalue weighted by Gasteiger charge is 2.37. The Bertz CT molecular complexity index is 1150. The maximum Gasteiger partial charge on any atom is 0.217 e. The fraction of sp³-hybridized carbons (Fsp3) is 0.757. The molecule has 0 heterocycles. The van der Waals surface area contributed by atoms with Crippen LogP contribution in [0.25, 0.3) is 0 Å². The van der Waals surface area contributed by atoms with Crippen LogP contribution in [0.4, 0.5) is 0 Å². The van der Waals surface area contributed by atoms with Crippen LogP contribution in [0.2, 0.25) is 0 Å². The van der Waals surface area contributed by atoms with Gasteiger partial charge in [0, 0.05) is 25.2 Å². The van der Waals surface area contributed by atoms with Crippen molar-refractivity contribution in [2.24, 2.45) is 40.9 Å². The molecule has 0 aromatic heterocycles. The van der Waals surface area contributed by atoms with Crippen molar-refractivity contribution in [3.8, 4) is 0 Å². The topological polar surface area (TPSA) is 288 Å². The van der Waals surface area contributed by atoms with Crippen LogP contribution in [-0.4, -0.2) is 105 Å². The standard InChI is InChI=1S/C13H22N2O3.C12H19IN2O3.C12H20N2O4/c1-8-3-5-11(13(18)9(8)2)15-10(7-16)4-6-12(14)17;1-7-2-4-9(12(18)11(7)13)15-8(6-16)3-5-10(14)17;1-7-2-4-9(12(18)11(7)17)14-8(6-15)3-5-10(13)16/h7-11,15H,3-6H2,1-2H3,(H2,14,17);6-9,11,15H,2-5H2,1H3,(H2,14,17);6-9,11,14,17H,2-5H2,1H3,(H2,13,16)/t8?,9?,10-,11?;2*7?,8-,9?,11?/m000/s1. The van der Waals surface area contributed by atoms with E-state index in [9.17, 15) is 48.3 Å². The number of aliphatic hydroxyl groups excluding tert-OH is 1. The predicted octanol–water partition coefficient (Wildman–Crippen LogP) is 0.130. The van der Waals surface area contributed by atoms with E-state index < -0.39 is 48.0 Å². The molecule has 16 nitrogen and oxygen atoms in total. The van der Waals surface area contributed by atoms with Crippen molar-refractivity contribution in [2.45, 2.75) is 151 Å². The van der Waals surface area contributed by atoms with E-state index in [2.05, 4.69) is 52.4 Å². The van der Waals surface area contributed by atoms with Gasteiger partial charge in [-0.05, 0) is 75.5 Å². The molecule has 12 atom stereocenters. The first kappa shape index (κ1) is 49.0. The van der Waals surface area contributed by atoms with E-state index in [4.69, 9.17) is 17.2 Å². The number of aliphatic hydroxyl groups is 1. The molecule has 0 saturated heterocycles. The summed E-state index contributed by atoms with van der Waals surface area (Å²) in [4.78, 5) is 101. The number of ketones is 3. The van der Waals surface area contributed by atoms with Crippen LogP contribution < -0.4 is 33.2 Å². The molecule has 0 bridgehead atoms. The summed E-state index contributed by atoms with van der Waals surface area (Å²) in [6, 6.07) is -2.56. The van der Waals surface area contributed by atoms with Crippen LogP contribution in [0.1, 0.15) is 105 Å². The third-order valence-corrected chi connectivity index (χ3v) is 12.4. The molecule has 3 amide bonds. The van der Waals surface area contributed by atoms with E-state index >= 15 is 0 Å². The number of carbonyl (C=O) groups is 9. The Morgan fingerprint density at radius 3 is 1.31 bits per heavy atom. The summed E-state index contributed by atoms with van der Waals surface area (Å²) in [7, 11) is 0. The average molecular weight is 877 g/mol. The number of amides is 3. The number of hydrogen-bond acceptors (Lipinski definition) is 13. The van der Waals surface area contributed by atoms with Gasteiger partial charge < -0.3 is 36.7 Å². The van der Waals surface area contributed by atoms with Gasteiger partial charge in [-0.25, -0.2) is 0 Å². The van der Waals surface area contributed by atoms with Gasteiger partial charge in [0.25, 0.3) is 0 Å². The Labute approximate surface area is 331 Å². The number of nitrogens with two attached hydrogens (primary N) is 3. The number of aldehydes is 3. The first-order valence-corrected chi connectivity index (χ1v) is 20.0. The minimum absolute atomic E-state index is 0.00251. The molecule has 0 aromatic carbocycles. The summed E-state index contributed by atoms with van der Waals surface area (Å²) in [5, 5.41) is 18.6. The Kier molecular flexibility index (Phi) is 22.9. The molecule has 17 heteroatoms. The number of rotatable bonds is 18. The fourth-order valence-corrected chi connectivity index (χ4v) is 7.36. The van der Waals surface area contributed by atoms with Gasteiger partial charge in [-0.2, -0.15) is 0 Å². The van der Waals surface area contributed by atoms with Crippen LogP contribution in [0.15, 0.2) is 0 Å². The minimum Gasteiger partial charge on any atom is -0.385 e. The molecule has 0 aromatic rings. The summed E-state index contributed by atoms with van der Waals surface area (Å²) in [5.41, 5.74) is 15.1. The summed E-state index contributed by atoms with van der Waals surface area (Å²) in [6.07, 6.45) is 7.35. The number of alkyl halides is 1. The van der Waals surface area contributed by atoms with Crippen LogP contribution in [0.3, 0.4) is 0 Å². The Balaban J connectivity index is 0.000000405. The molecule has 0 radical (unpaired) electrons. The van der Waals surface area contributed by atoms with Crippen molar-refractivity contribution in [3.63, 3.8) is 0 Å². The monoisotopic (exact) mass is 876 g/mol. The minimum atomic E-state index is -0.973. The zero-order valence-corrected chi connectivity index (χ0v) is 34.0. The fourth-order valence-electron chi connectivity index (χ4n) is 6.56. The highest BCUT2D eigenvalue weighted by molar-refractivity contribution is 14.1. The molecule has 0 spiro atoms. The van der Waals surface area contributed by atoms with Crippen LogP contribution in [-0.2, 0) is 43.2 Å². The second-order valence-electron chi connectivity index (χ2n) is 14.9. The molecule has 9 unspecified atom stereocenters. The summed E-state index contributed by atoms with van der Waals surface area (Å²) in [5.74, 6) is -0.533. The van der Waals surface area contributed by atoms with Gasteiger partial charge >= 0.3 is 0 Å². The normalized spacial score (nSPS) is 29.9. The van der Waals surface area contributed by atoms with Crippen molar-refractivity contribution in [1.82, 2.24) is 16.0 Å². The van der Waals surface area contributed by atoms with Crippen molar-refractivity contribution in [1.29, 1.82) is 0 Å². The van der Waals surface area contributed by atoms with E-state index in [1.165, 1.54) is 0 Å². The molecular weight excluding hydrogens is 815 g/mol. The quantitative estimate of drug-likeness (QED) is 0.0549. The van der Waals surface area contributed by atoms with Crippen molar-refractivity contribution in [2.75, 3.05) is 0 Å².